The zero-order chi connectivity index (χ0) is 14.0. The molecule has 0 saturated heterocycles. The summed E-state index contributed by atoms with van der Waals surface area (Å²) in [5.74, 6) is -0.815. The summed E-state index contributed by atoms with van der Waals surface area (Å²) in [6.45, 7) is 3.24. The third kappa shape index (κ3) is 2.81. The normalized spacial score (nSPS) is 10.6. The standard InChI is InChI=1S/C10H10N4O4S/c1-4-6(14-18-13-4)3-19-8-7(9(15)16)5(2)11-10(17)12-8/h3H2,1-2H3,(H,15,16)(H,11,12,17). The van der Waals surface area contributed by atoms with Crippen LogP contribution in [0.4, 0.5) is 0 Å². The van der Waals surface area contributed by atoms with Gasteiger partial charge < -0.3 is 10.1 Å². The molecule has 0 unspecified atom stereocenters. The fraction of sp³-hybridized carbons (Fsp3) is 0.300. The molecule has 0 amide bonds. The number of aromatic nitrogens is 4. The summed E-state index contributed by atoms with van der Waals surface area (Å²) >= 11 is 1.10. The number of hydrogen-bond donors (Lipinski definition) is 2. The van der Waals surface area contributed by atoms with Crippen molar-refractivity contribution in [3.8, 4) is 0 Å². The van der Waals surface area contributed by atoms with Gasteiger partial charge in [0, 0.05) is 11.4 Å². The van der Waals surface area contributed by atoms with E-state index >= 15 is 0 Å². The monoisotopic (exact) mass is 282 g/mol. The van der Waals surface area contributed by atoms with E-state index in [0.717, 1.165) is 11.8 Å². The van der Waals surface area contributed by atoms with Gasteiger partial charge in [0.25, 0.3) is 0 Å². The van der Waals surface area contributed by atoms with Gasteiger partial charge in [-0.3, -0.25) is 0 Å². The van der Waals surface area contributed by atoms with Crippen LogP contribution >= 0.6 is 11.8 Å². The minimum absolute atomic E-state index is 0.0151. The number of thioether (sulfide) groups is 1. The average Bonchev–Trinajstić information content (AvgIpc) is 2.70. The molecule has 2 N–H and O–H groups in total. The SMILES string of the molecule is Cc1nonc1CSc1nc(=O)[nH]c(C)c1C(=O)O. The molecule has 19 heavy (non-hydrogen) atoms. The highest BCUT2D eigenvalue weighted by molar-refractivity contribution is 7.98. The van der Waals surface area contributed by atoms with E-state index in [-0.39, 0.29) is 16.3 Å². The number of aromatic carboxylic acids is 1. The van der Waals surface area contributed by atoms with Crippen LogP contribution in [0.1, 0.15) is 27.4 Å². The number of aryl methyl sites for hydroxylation is 2. The van der Waals surface area contributed by atoms with E-state index < -0.39 is 11.7 Å². The molecule has 0 saturated carbocycles. The summed E-state index contributed by atoms with van der Waals surface area (Å²) in [5.41, 5.74) is 0.871. The highest BCUT2D eigenvalue weighted by Crippen LogP contribution is 2.24. The van der Waals surface area contributed by atoms with Crippen LogP contribution in [0.5, 0.6) is 0 Å². The van der Waals surface area contributed by atoms with Crippen molar-refractivity contribution in [1.29, 1.82) is 0 Å². The maximum atomic E-state index is 11.3. The zero-order valence-electron chi connectivity index (χ0n) is 10.1. The first-order chi connectivity index (χ1) is 8.99. The Kier molecular flexibility index (Phi) is 3.65. The van der Waals surface area contributed by atoms with Crippen LogP contribution in [0.25, 0.3) is 0 Å². The Bertz CT molecular complexity index is 678. The Hall–Kier alpha value is -2.16. The molecule has 0 spiro atoms. The van der Waals surface area contributed by atoms with E-state index in [1.165, 1.54) is 6.92 Å². The second-order valence-corrected chi connectivity index (χ2v) is 4.70. The van der Waals surface area contributed by atoms with Crippen molar-refractivity contribution in [2.45, 2.75) is 24.6 Å². The van der Waals surface area contributed by atoms with E-state index in [9.17, 15) is 9.59 Å². The van der Waals surface area contributed by atoms with E-state index in [1.807, 2.05) is 0 Å². The lowest BCUT2D eigenvalue weighted by Gasteiger charge is -2.05. The number of nitrogens with zero attached hydrogens (tertiary/aromatic N) is 3. The van der Waals surface area contributed by atoms with Gasteiger partial charge in [0.05, 0.1) is 0 Å². The maximum absolute atomic E-state index is 11.3. The lowest BCUT2D eigenvalue weighted by Crippen LogP contribution is -2.18. The van der Waals surface area contributed by atoms with Crippen molar-refractivity contribution >= 4 is 17.7 Å². The molecule has 0 aliphatic carbocycles. The van der Waals surface area contributed by atoms with Gasteiger partial charge in [-0.1, -0.05) is 22.1 Å². The van der Waals surface area contributed by atoms with Crippen molar-refractivity contribution in [2.24, 2.45) is 0 Å². The first-order valence-corrected chi connectivity index (χ1v) is 6.22. The first-order valence-electron chi connectivity index (χ1n) is 5.24. The molecule has 2 aromatic rings. The smallest absolute Gasteiger partial charge is 0.346 e. The number of carboxylic acids is 1. The Labute approximate surface area is 111 Å². The van der Waals surface area contributed by atoms with Gasteiger partial charge in [-0.25, -0.2) is 14.2 Å². The fourth-order valence-electron chi connectivity index (χ4n) is 1.43. The van der Waals surface area contributed by atoms with Crippen LogP contribution in [0.3, 0.4) is 0 Å². The van der Waals surface area contributed by atoms with Crippen LogP contribution in [-0.2, 0) is 5.75 Å². The molecule has 0 atom stereocenters. The molecule has 100 valence electrons. The number of H-pyrrole nitrogens is 1. The summed E-state index contributed by atoms with van der Waals surface area (Å²) in [7, 11) is 0. The minimum Gasteiger partial charge on any atom is -0.478 e. The molecule has 8 nitrogen and oxygen atoms in total. The highest BCUT2D eigenvalue weighted by Gasteiger charge is 2.18. The molecule has 0 bridgehead atoms. The van der Waals surface area contributed by atoms with Crippen LogP contribution in [0, 0.1) is 13.8 Å². The van der Waals surface area contributed by atoms with E-state index in [1.54, 1.807) is 6.92 Å². The number of carbonyl (C=O) groups is 1. The van der Waals surface area contributed by atoms with Crippen LogP contribution in [-0.4, -0.2) is 31.4 Å². The van der Waals surface area contributed by atoms with Crippen molar-refractivity contribution in [2.75, 3.05) is 0 Å². The largest absolute Gasteiger partial charge is 0.478 e. The van der Waals surface area contributed by atoms with E-state index in [0.29, 0.717) is 17.1 Å². The summed E-state index contributed by atoms with van der Waals surface area (Å²) in [4.78, 5) is 28.5. The van der Waals surface area contributed by atoms with Gasteiger partial charge in [-0.15, -0.1) is 0 Å². The fourth-order valence-corrected chi connectivity index (χ4v) is 2.50. The molecule has 0 aliphatic heterocycles. The third-order valence-corrected chi connectivity index (χ3v) is 3.38. The molecule has 0 aromatic carbocycles. The van der Waals surface area contributed by atoms with Crippen molar-refractivity contribution < 1.29 is 14.5 Å². The Morgan fingerprint density at radius 3 is 2.74 bits per heavy atom. The molecule has 0 fully saturated rings. The number of aromatic amines is 1. The molecular weight excluding hydrogens is 272 g/mol. The van der Waals surface area contributed by atoms with Gasteiger partial charge in [-0.05, 0) is 13.8 Å². The Morgan fingerprint density at radius 1 is 1.42 bits per heavy atom. The quantitative estimate of drug-likeness (QED) is 0.622. The number of nitrogens with one attached hydrogen (secondary N) is 1. The number of carboxylic acid groups (broad SMARTS) is 1. The second kappa shape index (κ2) is 5.22. The predicted octanol–water partition coefficient (Wildman–Crippen LogP) is 0.760. The van der Waals surface area contributed by atoms with Gasteiger partial charge in [0.15, 0.2) is 0 Å². The Balaban J connectivity index is 2.32. The van der Waals surface area contributed by atoms with E-state index in [2.05, 4.69) is 24.9 Å². The molecule has 2 heterocycles. The second-order valence-electron chi connectivity index (χ2n) is 3.74. The molecule has 0 radical (unpaired) electrons. The number of hydrogen-bond acceptors (Lipinski definition) is 7. The molecule has 2 aromatic heterocycles. The summed E-state index contributed by atoms with van der Waals surface area (Å²) in [6, 6.07) is 0. The summed E-state index contributed by atoms with van der Waals surface area (Å²) in [5, 5.41) is 16.6. The average molecular weight is 282 g/mol. The van der Waals surface area contributed by atoms with Crippen molar-refractivity contribution in [1.82, 2.24) is 20.3 Å². The topological polar surface area (TPSA) is 122 Å². The highest BCUT2D eigenvalue weighted by atomic mass is 32.2. The number of rotatable bonds is 4. The first kappa shape index (κ1) is 13.3. The molecule has 9 heteroatoms. The Morgan fingerprint density at radius 2 is 2.16 bits per heavy atom. The molecule has 0 aliphatic rings. The third-order valence-electron chi connectivity index (χ3n) is 2.39. The van der Waals surface area contributed by atoms with Crippen molar-refractivity contribution in [3.05, 3.63) is 33.1 Å². The van der Waals surface area contributed by atoms with Gasteiger partial charge in [0.1, 0.15) is 22.0 Å². The van der Waals surface area contributed by atoms with Crippen LogP contribution in [0.2, 0.25) is 0 Å². The summed E-state index contributed by atoms with van der Waals surface area (Å²) in [6.07, 6.45) is 0. The summed E-state index contributed by atoms with van der Waals surface area (Å²) < 4.78 is 4.54. The lowest BCUT2D eigenvalue weighted by molar-refractivity contribution is 0.0690. The van der Waals surface area contributed by atoms with Crippen molar-refractivity contribution in [3.63, 3.8) is 0 Å². The van der Waals surface area contributed by atoms with Crippen LogP contribution < -0.4 is 5.69 Å². The zero-order valence-corrected chi connectivity index (χ0v) is 10.9. The van der Waals surface area contributed by atoms with Gasteiger partial charge in [-0.2, -0.15) is 4.98 Å². The maximum Gasteiger partial charge on any atom is 0.346 e. The van der Waals surface area contributed by atoms with Crippen LogP contribution in [0.15, 0.2) is 14.4 Å². The molecule has 2 rings (SSSR count). The predicted molar refractivity (Wildman–Crippen MR) is 65.2 cm³/mol. The molecular formula is C10H10N4O4S. The van der Waals surface area contributed by atoms with Gasteiger partial charge in [0.2, 0.25) is 0 Å². The van der Waals surface area contributed by atoms with Gasteiger partial charge >= 0.3 is 11.7 Å². The van der Waals surface area contributed by atoms with E-state index in [4.69, 9.17) is 5.11 Å². The lowest BCUT2D eigenvalue weighted by atomic mass is 10.2. The minimum atomic E-state index is -1.14.